The molecule has 1 aliphatic heterocycles. The van der Waals surface area contributed by atoms with Gasteiger partial charge in [0, 0.05) is 50.6 Å². The first-order valence-corrected chi connectivity index (χ1v) is 10.6. The lowest BCUT2D eigenvalue weighted by atomic mass is 10.1. The second-order valence-electron chi connectivity index (χ2n) is 6.82. The lowest BCUT2D eigenvalue weighted by Gasteiger charge is -2.21. The Morgan fingerprint density at radius 2 is 1.93 bits per heavy atom. The largest absolute Gasteiger partial charge is 0.466 e. The zero-order valence-corrected chi connectivity index (χ0v) is 17.3. The van der Waals surface area contributed by atoms with E-state index >= 15 is 0 Å². The molecule has 1 aromatic carbocycles. The highest BCUT2D eigenvalue weighted by Crippen LogP contribution is 2.21. The van der Waals surface area contributed by atoms with E-state index in [9.17, 15) is 14.0 Å². The number of rotatable bonds is 7. The van der Waals surface area contributed by atoms with Gasteiger partial charge in [-0.2, -0.15) is 4.37 Å². The van der Waals surface area contributed by atoms with Gasteiger partial charge in [0.05, 0.1) is 13.0 Å². The molecular formula is C20H25FN4O3S. The highest BCUT2D eigenvalue weighted by atomic mass is 32.1. The Balaban J connectivity index is 1.51. The van der Waals surface area contributed by atoms with Gasteiger partial charge in [-0.15, -0.1) is 0 Å². The van der Waals surface area contributed by atoms with Crippen LogP contribution in [0.25, 0.3) is 0 Å². The minimum Gasteiger partial charge on any atom is -0.466 e. The highest BCUT2D eigenvalue weighted by Gasteiger charge is 2.22. The fourth-order valence-corrected chi connectivity index (χ4v) is 3.92. The van der Waals surface area contributed by atoms with Gasteiger partial charge < -0.3 is 14.5 Å². The molecule has 1 saturated heterocycles. The molecule has 0 bridgehead atoms. The molecule has 0 spiro atoms. The summed E-state index contributed by atoms with van der Waals surface area (Å²) in [6.07, 6.45) is 1.69. The van der Waals surface area contributed by atoms with E-state index in [0.29, 0.717) is 38.5 Å². The van der Waals surface area contributed by atoms with Crippen molar-refractivity contribution >= 4 is 28.5 Å². The summed E-state index contributed by atoms with van der Waals surface area (Å²) in [5, 5.41) is 0.836. The van der Waals surface area contributed by atoms with Gasteiger partial charge in [0.1, 0.15) is 11.6 Å². The summed E-state index contributed by atoms with van der Waals surface area (Å²) in [5.41, 5.74) is 0.963. The van der Waals surface area contributed by atoms with Crippen molar-refractivity contribution in [1.29, 1.82) is 0 Å². The summed E-state index contributed by atoms with van der Waals surface area (Å²) in [6.45, 7) is 4.81. The van der Waals surface area contributed by atoms with Crippen LogP contribution < -0.4 is 4.90 Å². The van der Waals surface area contributed by atoms with E-state index in [0.717, 1.165) is 23.7 Å². The average Bonchev–Trinajstić information content (AvgIpc) is 3.03. The summed E-state index contributed by atoms with van der Waals surface area (Å²) in [5.74, 6) is 0.101. The number of ether oxygens (including phenoxy) is 1. The van der Waals surface area contributed by atoms with Crippen LogP contribution in [-0.2, 0) is 20.7 Å². The minimum absolute atomic E-state index is 0.0193. The Bertz CT molecular complexity index is 827. The predicted molar refractivity (Wildman–Crippen MR) is 108 cm³/mol. The maximum atomic E-state index is 13.0. The molecule has 0 atom stereocenters. The number of aromatic nitrogens is 2. The predicted octanol–water partition coefficient (Wildman–Crippen LogP) is 2.65. The Kier molecular flexibility index (Phi) is 7.51. The number of hydrogen-bond acceptors (Lipinski definition) is 7. The van der Waals surface area contributed by atoms with E-state index in [1.807, 2.05) is 0 Å². The van der Waals surface area contributed by atoms with Gasteiger partial charge in [-0.1, -0.05) is 12.1 Å². The van der Waals surface area contributed by atoms with Gasteiger partial charge in [0.15, 0.2) is 0 Å². The number of carbonyl (C=O) groups is 2. The summed E-state index contributed by atoms with van der Waals surface area (Å²) in [6, 6.07) is 6.35. The van der Waals surface area contributed by atoms with Crippen molar-refractivity contribution in [2.45, 2.75) is 32.6 Å². The van der Waals surface area contributed by atoms with Gasteiger partial charge in [-0.3, -0.25) is 9.59 Å². The first-order valence-electron chi connectivity index (χ1n) is 9.80. The maximum Gasteiger partial charge on any atom is 0.306 e. The molecule has 2 heterocycles. The summed E-state index contributed by atoms with van der Waals surface area (Å²) in [4.78, 5) is 32.4. The number of benzene rings is 1. The number of hydrogen-bond donors (Lipinski definition) is 0. The van der Waals surface area contributed by atoms with Crippen LogP contribution in [0.5, 0.6) is 0 Å². The zero-order chi connectivity index (χ0) is 20.6. The molecule has 0 N–H and O–H groups in total. The molecule has 0 radical (unpaired) electrons. The van der Waals surface area contributed by atoms with Crippen molar-refractivity contribution in [3.8, 4) is 0 Å². The molecule has 2 aromatic rings. The van der Waals surface area contributed by atoms with Gasteiger partial charge in [-0.25, -0.2) is 9.37 Å². The SMILES string of the molecule is CCOC(=O)CCC(=O)N1CCCN(c2nc(Cc3ccc(F)cc3)ns2)CC1. The first kappa shape index (κ1) is 21.2. The number of halogens is 1. The second kappa shape index (κ2) is 10.3. The van der Waals surface area contributed by atoms with Crippen LogP contribution >= 0.6 is 11.5 Å². The number of esters is 1. The second-order valence-corrected chi connectivity index (χ2v) is 7.55. The third-order valence-corrected chi connectivity index (χ3v) is 5.52. The van der Waals surface area contributed by atoms with Crippen LogP contribution in [0.1, 0.15) is 37.6 Å². The number of anilines is 1. The molecule has 1 aliphatic rings. The molecular weight excluding hydrogens is 395 g/mol. The number of carbonyl (C=O) groups excluding carboxylic acids is 2. The minimum atomic E-state index is -0.333. The Morgan fingerprint density at radius 1 is 1.14 bits per heavy atom. The molecule has 3 rings (SSSR count). The molecule has 1 aromatic heterocycles. The topological polar surface area (TPSA) is 75.6 Å². The third-order valence-electron chi connectivity index (χ3n) is 4.70. The van der Waals surface area contributed by atoms with Crippen LogP contribution in [-0.4, -0.2) is 58.9 Å². The summed E-state index contributed by atoms with van der Waals surface area (Å²) >= 11 is 1.34. The van der Waals surface area contributed by atoms with Gasteiger partial charge in [-0.05, 0) is 31.0 Å². The van der Waals surface area contributed by atoms with Gasteiger partial charge in [0.2, 0.25) is 11.0 Å². The Labute approximate surface area is 173 Å². The number of amides is 1. The van der Waals surface area contributed by atoms with Gasteiger partial charge in [0.25, 0.3) is 0 Å². The van der Waals surface area contributed by atoms with E-state index < -0.39 is 0 Å². The maximum absolute atomic E-state index is 13.0. The third kappa shape index (κ3) is 6.22. The van der Waals surface area contributed by atoms with E-state index in [1.54, 1.807) is 24.0 Å². The van der Waals surface area contributed by atoms with Crippen LogP contribution in [0.2, 0.25) is 0 Å². The van der Waals surface area contributed by atoms with Crippen molar-refractivity contribution in [3.63, 3.8) is 0 Å². The van der Waals surface area contributed by atoms with Crippen molar-refractivity contribution in [1.82, 2.24) is 14.3 Å². The normalized spacial score (nSPS) is 14.6. The van der Waals surface area contributed by atoms with Crippen molar-refractivity contribution < 1.29 is 18.7 Å². The lowest BCUT2D eigenvalue weighted by molar-refractivity contribution is -0.145. The molecule has 1 fully saturated rings. The quantitative estimate of drug-likeness (QED) is 0.641. The molecule has 9 heteroatoms. The molecule has 156 valence electrons. The van der Waals surface area contributed by atoms with Gasteiger partial charge >= 0.3 is 5.97 Å². The molecule has 7 nitrogen and oxygen atoms in total. The highest BCUT2D eigenvalue weighted by molar-refractivity contribution is 7.09. The smallest absolute Gasteiger partial charge is 0.306 e. The van der Waals surface area contributed by atoms with Crippen molar-refractivity contribution in [2.75, 3.05) is 37.7 Å². The van der Waals surface area contributed by atoms with E-state index in [4.69, 9.17) is 4.74 Å². The van der Waals surface area contributed by atoms with Crippen LogP contribution in [0.3, 0.4) is 0 Å². The fraction of sp³-hybridized carbons (Fsp3) is 0.500. The molecule has 0 aliphatic carbocycles. The zero-order valence-electron chi connectivity index (χ0n) is 16.5. The molecule has 29 heavy (non-hydrogen) atoms. The van der Waals surface area contributed by atoms with E-state index in [-0.39, 0.29) is 30.5 Å². The Hall–Kier alpha value is -2.55. The molecule has 0 unspecified atom stereocenters. The summed E-state index contributed by atoms with van der Waals surface area (Å²) < 4.78 is 22.3. The van der Waals surface area contributed by atoms with E-state index in [2.05, 4.69) is 14.3 Å². The average molecular weight is 421 g/mol. The molecule has 1 amide bonds. The van der Waals surface area contributed by atoms with Crippen molar-refractivity contribution in [2.24, 2.45) is 0 Å². The van der Waals surface area contributed by atoms with Crippen LogP contribution in [0.4, 0.5) is 9.52 Å². The van der Waals surface area contributed by atoms with Crippen molar-refractivity contribution in [3.05, 3.63) is 41.5 Å². The monoisotopic (exact) mass is 420 g/mol. The lowest BCUT2D eigenvalue weighted by Crippen LogP contribution is -2.35. The van der Waals surface area contributed by atoms with Crippen LogP contribution in [0, 0.1) is 5.82 Å². The first-order chi connectivity index (χ1) is 14.0. The Morgan fingerprint density at radius 3 is 2.69 bits per heavy atom. The fourth-order valence-electron chi connectivity index (χ4n) is 3.19. The van der Waals surface area contributed by atoms with E-state index in [1.165, 1.54) is 23.7 Å². The standard InChI is InChI=1S/C20H25FN4O3S/c1-2-28-19(27)9-8-18(26)24-10-3-11-25(13-12-24)20-22-17(23-29-20)14-15-4-6-16(21)7-5-15/h4-7H,2-3,8-14H2,1H3. The molecule has 0 saturated carbocycles. The summed E-state index contributed by atoms with van der Waals surface area (Å²) in [7, 11) is 0. The van der Waals surface area contributed by atoms with Crippen LogP contribution in [0.15, 0.2) is 24.3 Å². The number of nitrogens with zero attached hydrogens (tertiary/aromatic N) is 4.